The monoisotopic (exact) mass is 1110 g/mol. The van der Waals surface area contributed by atoms with E-state index in [4.69, 9.17) is 13.8 Å². The number of hydrogen-bond donors (Lipinski definition) is 1. The highest BCUT2D eigenvalue weighted by Gasteiger charge is 2.27. The third-order valence-corrected chi connectivity index (χ3v) is 15.1. The van der Waals surface area contributed by atoms with Crippen LogP contribution < -0.4 is 10.2 Å². The van der Waals surface area contributed by atoms with Gasteiger partial charge in [-0.3, -0.25) is 14.2 Å². The standard InChI is InChI=1S/C68H123N2O7P/c1-7-10-13-16-19-22-25-28-30-31-32-33-34-35-36-37-38-39-41-43-46-49-52-55-58-61-68(72)77-66(59-56-53-50-47-44-27-24-21-18-15-12-9-3)65(64-76-78(73,74)75-63-62-70(4,5)6)69-67(71)60-57-54-51-48-45-42-40-29-26-23-20-17-14-11-8-2/h11,14,17,19-20,22-23,26,28,30,32-33,56,59,65-66H,7-10,12-13,15-16,18,21,24-25,27,29,31,34-55,57-58,60-64H2,1-6H3,(H-,69,71,73,74)/b14-11+,20-17+,22-19-,26-23+,30-28-,33-32-,59-56-. The number of quaternary nitrogens is 1. The molecule has 0 spiro atoms. The van der Waals surface area contributed by atoms with E-state index in [0.717, 1.165) is 89.9 Å². The topological polar surface area (TPSA) is 114 Å². The van der Waals surface area contributed by atoms with Gasteiger partial charge in [-0.1, -0.05) is 267 Å². The van der Waals surface area contributed by atoms with Crippen molar-refractivity contribution in [2.45, 2.75) is 296 Å². The Hall–Kier alpha value is -2.81. The SMILES string of the molecule is CC/C=C/C=C/C=C/CCCCCCCCCC(=O)NC(COP(=O)([O-])OCC[N+](C)(C)C)C(/C=C\CCCCCCCCCCCC)OC(=O)CCCCCCCCCCCCCC/C=C\C/C=C\C/C=C\CCCCC. The summed E-state index contributed by atoms with van der Waals surface area (Å²) in [5, 5.41) is 3.02. The Morgan fingerprint density at radius 1 is 0.474 bits per heavy atom. The number of phosphoric acid groups is 1. The molecular formula is C68H123N2O7P. The summed E-state index contributed by atoms with van der Waals surface area (Å²) in [5.74, 6) is -0.555. The molecule has 0 saturated heterocycles. The lowest BCUT2D eigenvalue weighted by Gasteiger charge is -2.30. The zero-order valence-electron chi connectivity index (χ0n) is 51.6. The normalized spacial score (nSPS) is 14.2. The molecule has 0 radical (unpaired) electrons. The average molecular weight is 1110 g/mol. The summed E-state index contributed by atoms with van der Waals surface area (Å²) in [6.45, 7) is 6.68. The van der Waals surface area contributed by atoms with Crippen molar-refractivity contribution in [1.29, 1.82) is 0 Å². The Morgan fingerprint density at radius 2 is 0.872 bits per heavy atom. The highest BCUT2D eigenvalue weighted by molar-refractivity contribution is 7.45. The largest absolute Gasteiger partial charge is 0.756 e. The Morgan fingerprint density at radius 3 is 1.36 bits per heavy atom. The van der Waals surface area contributed by atoms with Crippen LogP contribution in [0.15, 0.2) is 85.1 Å². The highest BCUT2D eigenvalue weighted by Crippen LogP contribution is 2.38. The molecule has 0 aliphatic heterocycles. The molecular weight excluding hydrogens is 988 g/mol. The molecule has 0 bridgehead atoms. The van der Waals surface area contributed by atoms with Crippen LogP contribution in [0.5, 0.6) is 0 Å². The first kappa shape index (κ1) is 75.2. The van der Waals surface area contributed by atoms with Crippen molar-refractivity contribution in [1.82, 2.24) is 5.32 Å². The molecule has 452 valence electrons. The molecule has 0 aromatic heterocycles. The van der Waals surface area contributed by atoms with Gasteiger partial charge in [0.25, 0.3) is 7.82 Å². The molecule has 78 heavy (non-hydrogen) atoms. The average Bonchev–Trinajstić information content (AvgIpc) is 3.40. The van der Waals surface area contributed by atoms with Crippen molar-refractivity contribution in [3.05, 3.63) is 85.1 Å². The minimum Gasteiger partial charge on any atom is -0.756 e. The summed E-state index contributed by atoms with van der Waals surface area (Å²) >= 11 is 0. The van der Waals surface area contributed by atoms with Gasteiger partial charge in [0.15, 0.2) is 0 Å². The Kier molecular flexibility index (Phi) is 55.4. The number of unbranched alkanes of at least 4 members (excludes halogenated alkanes) is 32. The molecule has 0 fully saturated rings. The molecule has 0 heterocycles. The lowest BCUT2D eigenvalue weighted by atomic mass is 10.0. The Balaban J connectivity index is 5.13. The van der Waals surface area contributed by atoms with Gasteiger partial charge in [0, 0.05) is 12.8 Å². The second-order valence-corrected chi connectivity index (χ2v) is 24.4. The number of esters is 1. The van der Waals surface area contributed by atoms with E-state index in [9.17, 15) is 19.0 Å². The molecule has 3 atom stereocenters. The summed E-state index contributed by atoms with van der Waals surface area (Å²) in [6.07, 6.45) is 75.5. The van der Waals surface area contributed by atoms with Gasteiger partial charge in [-0.25, -0.2) is 0 Å². The van der Waals surface area contributed by atoms with E-state index in [1.807, 2.05) is 33.3 Å². The van der Waals surface area contributed by atoms with E-state index in [0.29, 0.717) is 17.4 Å². The molecule has 9 nitrogen and oxygen atoms in total. The lowest BCUT2D eigenvalue weighted by molar-refractivity contribution is -0.870. The fourth-order valence-electron chi connectivity index (χ4n) is 9.12. The highest BCUT2D eigenvalue weighted by atomic mass is 31.2. The molecule has 10 heteroatoms. The van der Waals surface area contributed by atoms with Crippen LogP contribution in [0.25, 0.3) is 0 Å². The van der Waals surface area contributed by atoms with Crippen LogP contribution in [0.3, 0.4) is 0 Å². The smallest absolute Gasteiger partial charge is 0.306 e. The maximum Gasteiger partial charge on any atom is 0.306 e. The molecule has 1 N–H and O–H groups in total. The number of nitrogens with zero attached hydrogens (tertiary/aromatic N) is 1. The number of phosphoric ester groups is 1. The minimum absolute atomic E-state index is 0.0279. The number of nitrogens with one attached hydrogen (secondary N) is 1. The van der Waals surface area contributed by atoms with Gasteiger partial charge in [0.1, 0.15) is 19.3 Å². The quantitative estimate of drug-likeness (QED) is 0.0161. The fourth-order valence-corrected chi connectivity index (χ4v) is 9.84. The van der Waals surface area contributed by atoms with Crippen molar-refractivity contribution in [2.75, 3.05) is 40.9 Å². The summed E-state index contributed by atoms with van der Waals surface area (Å²) in [4.78, 5) is 40.0. The van der Waals surface area contributed by atoms with Gasteiger partial charge in [-0.05, 0) is 89.5 Å². The third-order valence-electron chi connectivity index (χ3n) is 14.1. The summed E-state index contributed by atoms with van der Waals surface area (Å²) < 4.78 is 30.3. The number of rotatable bonds is 58. The van der Waals surface area contributed by atoms with Crippen molar-refractivity contribution in [2.24, 2.45) is 0 Å². The van der Waals surface area contributed by atoms with Crippen LogP contribution in [-0.4, -0.2) is 69.4 Å². The van der Waals surface area contributed by atoms with Crippen LogP contribution in [0.2, 0.25) is 0 Å². The van der Waals surface area contributed by atoms with E-state index in [-0.39, 0.29) is 24.9 Å². The van der Waals surface area contributed by atoms with Gasteiger partial charge in [0.05, 0.1) is 33.8 Å². The van der Waals surface area contributed by atoms with Crippen LogP contribution in [0.4, 0.5) is 0 Å². The first-order valence-corrected chi connectivity index (χ1v) is 33.9. The molecule has 0 aromatic carbocycles. The molecule has 0 rings (SSSR count). The van der Waals surface area contributed by atoms with Crippen LogP contribution in [0.1, 0.15) is 284 Å². The van der Waals surface area contributed by atoms with Gasteiger partial charge in [0.2, 0.25) is 5.91 Å². The second kappa shape index (κ2) is 57.4. The summed E-state index contributed by atoms with van der Waals surface area (Å²) in [6, 6.07) is -0.899. The molecule has 0 saturated carbocycles. The van der Waals surface area contributed by atoms with Gasteiger partial charge < -0.3 is 28.5 Å². The zero-order chi connectivity index (χ0) is 57.2. The summed E-state index contributed by atoms with van der Waals surface area (Å²) in [5.41, 5.74) is 0. The van der Waals surface area contributed by atoms with E-state index in [2.05, 4.69) is 99.0 Å². The van der Waals surface area contributed by atoms with E-state index in [1.165, 1.54) is 161 Å². The first-order valence-electron chi connectivity index (χ1n) is 32.4. The van der Waals surface area contributed by atoms with E-state index < -0.39 is 26.6 Å². The number of ether oxygens (including phenoxy) is 1. The predicted molar refractivity (Wildman–Crippen MR) is 335 cm³/mol. The minimum atomic E-state index is -4.71. The number of hydrogen-bond acceptors (Lipinski definition) is 7. The number of carbonyl (C=O) groups is 2. The molecule has 0 aromatic rings. The van der Waals surface area contributed by atoms with Gasteiger partial charge >= 0.3 is 5.97 Å². The fraction of sp³-hybridized carbons (Fsp3) is 0.765. The number of allylic oxidation sites excluding steroid dienone is 13. The first-order chi connectivity index (χ1) is 37.9. The maximum absolute atomic E-state index is 13.5. The van der Waals surface area contributed by atoms with E-state index in [1.54, 1.807) is 0 Å². The Bertz CT molecular complexity index is 1610. The number of likely N-dealkylation sites (N-methyl/N-ethyl adjacent to an activating group) is 1. The predicted octanol–water partition coefficient (Wildman–Crippen LogP) is 19.5. The number of amides is 1. The second-order valence-electron chi connectivity index (χ2n) is 22.9. The Labute approximate surface area is 482 Å². The van der Waals surface area contributed by atoms with Crippen LogP contribution in [0, 0.1) is 0 Å². The molecule has 3 unspecified atom stereocenters. The van der Waals surface area contributed by atoms with Gasteiger partial charge in [-0.2, -0.15) is 0 Å². The maximum atomic E-state index is 13.5. The van der Waals surface area contributed by atoms with E-state index >= 15 is 0 Å². The lowest BCUT2D eigenvalue weighted by Crippen LogP contribution is -2.47. The molecule has 1 amide bonds. The molecule has 0 aliphatic rings. The van der Waals surface area contributed by atoms with Crippen molar-refractivity contribution < 1.29 is 37.3 Å². The van der Waals surface area contributed by atoms with Crippen LogP contribution >= 0.6 is 7.82 Å². The van der Waals surface area contributed by atoms with Gasteiger partial charge in [-0.15, -0.1) is 0 Å². The van der Waals surface area contributed by atoms with Crippen molar-refractivity contribution in [3.8, 4) is 0 Å². The third kappa shape index (κ3) is 57.9. The summed E-state index contributed by atoms with van der Waals surface area (Å²) in [7, 11) is 1.17. The zero-order valence-corrected chi connectivity index (χ0v) is 52.5. The van der Waals surface area contributed by atoms with Crippen molar-refractivity contribution in [3.63, 3.8) is 0 Å². The number of carbonyl (C=O) groups excluding carboxylic acids is 2. The van der Waals surface area contributed by atoms with Crippen LogP contribution in [-0.2, 0) is 27.9 Å². The molecule has 0 aliphatic carbocycles. The van der Waals surface area contributed by atoms with Crippen molar-refractivity contribution >= 4 is 19.7 Å².